The van der Waals surface area contributed by atoms with Crippen molar-refractivity contribution in [3.05, 3.63) is 46.6 Å². The molecule has 112 valence electrons. The fraction of sp³-hybridized carbons (Fsp3) is 0.500. The third-order valence-corrected chi connectivity index (χ3v) is 4.41. The summed E-state index contributed by atoms with van der Waals surface area (Å²) in [7, 11) is 0. The van der Waals surface area contributed by atoms with Crippen LogP contribution in [-0.2, 0) is 12.8 Å². The Morgan fingerprint density at radius 1 is 1.24 bits per heavy atom. The number of nitrogens with zero attached hydrogens (tertiary/aromatic N) is 2. The summed E-state index contributed by atoms with van der Waals surface area (Å²) in [6, 6.07) is 7.77. The number of rotatable bonds is 5. The minimum absolute atomic E-state index is 0.622. The Bertz CT molecular complexity index is 578. The monoisotopic (exact) mass is 305 g/mol. The predicted octanol–water partition coefficient (Wildman–Crippen LogP) is 3.25. The molecule has 0 aliphatic carbocycles. The lowest BCUT2D eigenvalue weighted by atomic mass is 9.93. The highest BCUT2D eigenvalue weighted by atomic mass is 35.5. The molecular formula is C16H20ClN3O. The number of aryl methyl sites for hydroxylation is 1. The van der Waals surface area contributed by atoms with Gasteiger partial charge in [0.25, 0.3) is 0 Å². The lowest BCUT2D eigenvalue weighted by Gasteiger charge is -2.21. The molecule has 21 heavy (non-hydrogen) atoms. The van der Waals surface area contributed by atoms with Crippen LogP contribution in [0.2, 0.25) is 5.02 Å². The molecule has 0 amide bonds. The molecule has 1 saturated heterocycles. The summed E-state index contributed by atoms with van der Waals surface area (Å²) in [6.45, 7) is 2.26. The number of halogens is 1. The molecular weight excluding hydrogens is 286 g/mol. The first-order valence-corrected chi connectivity index (χ1v) is 7.94. The molecule has 1 fully saturated rings. The molecule has 0 unspecified atom stereocenters. The Kier molecular flexibility index (Phi) is 4.88. The van der Waals surface area contributed by atoms with Crippen molar-refractivity contribution in [2.45, 2.75) is 32.1 Å². The number of nitrogens with one attached hydrogen (secondary N) is 1. The zero-order valence-electron chi connectivity index (χ0n) is 12.0. The Balaban J connectivity index is 1.55. The van der Waals surface area contributed by atoms with Crippen molar-refractivity contribution in [1.82, 2.24) is 15.5 Å². The van der Waals surface area contributed by atoms with E-state index < -0.39 is 0 Å². The van der Waals surface area contributed by atoms with Crippen LogP contribution in [0.5, 0.6) is 0 Å². The molecule has 0 spiro atoms. The van der Waals surface area contributed by atoms with Crippen LogP contribution in [0.3, 0.4) is 0 Å². The molecule has 0 bridgehead atoms. The van der Waals surface area contributed by atoms with Crippen molar-refractivity contribution in [3.8, 4) is 0 Å². The van der Waals surface area contributed by atoms with Crippen LogP contribution in [-0.4, -0.2) is 23.2 Å². The van der Waals surface area contributed by atoms with Crippen molar-refractivity contribution in [2.75, 3.05) is 13.1 Å². The molecule has 1 aromatic heterocycles. The van der Waals surface area contributed by atoms with Crippen LogP contribution < -0.4 is 5.32 Å². The average Bonchev–Trinajstić information content (AvgIpc) is 2.96. The summed E-state index contributed by atoms with van der Waals surface area (Å²) < 4.78 is 5.35. The quantitative estimate of drug-likeness (QED) is 0.921. The van der Waals surface area contributed by atoms with Gasteiger partial charge in [-0.3, -0.25) is 0 Å². The van der Waals surface area contributed by atoms with Crippen molar-refractivity contribution >= 4 is 11.6 Å². The number of piperidine rings is 1. The number of hydrogen-bond acceptors (Lipinski definition) is 4. The van der Waals surface area contributed by atoms with Crippen molar-refractivity contribution in [3.63, 3.8) is 0 Å². The van der Waals surface area contributed by atoms with Gasteiger partial charge in [-0.2, -0.15) is 4.98 Å². The van der Waals surface area contributed by atoms with Gasteiger partial charge in [0, 0.05) is 17.9 Å². The van der Waals surface area contributed by atoms with E-state index in [-0.39, 0.29) is 0 Å². The summed E-state index contributed by atoms with van der Waals surface area (Å²) in [5.74, 6) is 2.24. The molecule has 3 rings (SSSR count). The van der Waals surface area contributed by atoms with E-state index in [1.807, 2.05) is 24.3 Å². The van der Waals surface area contributed by atoms with E-state index in [1.165, 1.54) is 12.8 Å². The average molecular weight is 306 g/mol. The van der Waals surface area contributed by atoms with E-state index in [1.54, 1.807) is 0 Å². The molecule has 2 heterocycles. The van der Waals surface area contributed by atoms with E-state index in [0.717, 1.165) is 48.3 Å². The second-order valence-electron chi connectivity index (χ2n) is 5.60. The van der Waals surface area contributed by atoms with Crippen LogP contribution >= 0.6 is 11.6 Å². The van der Waals surface area contributed by atoms with E-state index in [4.69, 9.17) is 16.1 Å². The maximum absolute atomic E-state index is 6.15. The highest BCUT2D eigenvalue weighted by molar-refractivity contribution is 6.31. The minimum Gasteiger partial charge on any atom is -0.339 e. The van der Waals surface area contributed by atoms with E-state index in [0.29, 0.717) is 12.2 Å². The Morgan fingerprint density at radius 2 is 2.05 bits per heavy atom. The van der Waals surface area contributed by atoms with Crippen LogP contribution in [0, 0.1) is 5.92 Å². The summed E-state index contributed by atoms with van der Waals surface area (Å²) >= 11 is 6.15. The van der Waals surface area contributed by atoms with Gasteiger partial charge in [0.1, 0.15) is 0 Å². The van der Waals surface area contributed by atoms with Crippen LogP contribution in [0.4, 0.5) is 0 Å². The first kappa shape index (κ1) is 14.5. The van der Waals surface area contributed by atoms with Crippen molar-refractivity contribution in [2.24, 2.45) is 5.92 Å². The maximum atomic E-state index is 6.15. The number of hydrogen-bond donors (Lipinski definition) is 1. The molecule has 2 aromatic rings. The Hall–Kier alpha value is -1.39. The molecule has 0 radical (unpaired) electrons. The van der Waals surface area contributed by atoms with Gasteiger partial charge in [0.2, 0.25) is 5.89 Å². The summed E-state index contributed by atoms with van der Waals surface area (Å²) in [5, 5.41) is 8.19. The lowest BCUT2D eigenvalue weighted by molar-refractivity contribution is 0.323. The summed E-state index contributed by atoms with van der Waals surface area (Å²) in [5.41, 5.74) is 1.03. The van der Waals surface area contributed by atoms with Gasteiger partial charge in [0.05, 0.1) is 0 Å². The van der Waals surface area contributed by atoms with Gasteiger partial charge in [0.15, 0.2) is 5.82 Å². The molecule has 5 heteroatoms. The first-order chi connectivity index (χ1) is 10.3. The zero-order chi connectivity index (χ0) is 14.5. The van der Waals surface area contributed by atoms with Gasteiger partial charge in [-0.05, 0) is 49.9 Å². The topological polar surface area (TPSA) is 51.0 Å². The maximum Gasteiger partial charge on any atom is 0.226 e. The number of aromatic nitrogens is 2. The first-order valence-electron chi connectivity index (χ1n) is 7.57. The SMILES string of the molecule is Clc1ccccc1Cc1noc(CCC2CCNCC2)n1. The van der Waals surface area contributed by atoms with E-state index in [2.05, 4.69) is 15.5 Å². The van der Waals surface area contributed by atoms with Crippen molar-refractivity contribution < 1.29 is 4.52 Å². The lowest BCUT2D eigenvalue weighted by Crippen LogP contribution is -2.27. The molecule has 1 aromatic carbocycles. The largest absolute Gasteiger partial charge is 0.339 e. The van der Waals surface area contributed by atoms with Gasteiger partial charge >= 0.3 is 0 Å². The Labute approximate surface area is 129 Å². The summed E-state index contributed by atoms with van der Waals surface area (Å²) in [4.78, 5) is 4.48. The number of benzene rings is 1. The second kappa shape index (κ2) is 7.05. The zero-order valence-corrected chi connectivity index (χ0v) is 12.8. The van der Waals surface area contributed by atoms with Crippen molar-refractivity contribution in [1.29, 1.82) is 0 Å². The normalized spacial score (nSPS) is 16.2. The Morgan fingerprint density at radius 3 is 2.86 bits per heavy atom. The van der Waals surface area contributed by atoms with Gasteiger partial charge in [-0.1, -0.05) is 35.0 Å². The molecule has 1 N–H and O–H groups in total. The van der Waals surface area contributed by atoms with Crippen LogP contribution in [0.25, 0.3) is 0 Å². The fourth-order valence-corrected chi connectivity index (χ4v) is 2.98. The van der Waals surface area contributed by atoms with Gasteiger partial charge in [-0.25, -0.2) is 0 Å². The molecule has 0 saturated carbocycles. The van der Waals surface area contributed by atoms with E-state index >= 15 is 0 Å². The summed E-state index contributed by atoms with van der Waals surface area (Å²) in [6.07, 6.45) is 5.13. The molecule has 1 aliphatic heterocycles. The predicted molar refractivity (Wildman–Crippen MR) is 82.5 cm³/mol. The third kappa shape index (κ3) is 4.05. The van der Waals surface area contributed by atoms with Gasteiger partial charge < -0.3 is 9.84 Å². The molecule has 4 nitrogen and oxygen atoms in total. The van der Waals surface area contributed by atoms with Crippen LogP contribution in [0.15, 0.2) is 28.8 Å². The third-order valence-electron chi connectivity index (χ3n) is 4.04. The standard InChI is InChI=1S/C16H20ClN3O/c17-14-4-2-1-3-13(14)11-15-19-16(21-20-15)6-5-12-7-9-18-10-8-12/h1-4,12,18H,5-11H2. The fourth-order valence-electron chi connectivity index (χ4n) is 2.77. The minimum atomic E-state index is 0.622. The van der Waals surface area contributed by atoms with Crippen LogP contribution in [0.1, 0.15) is 36.5 Å². The van der Waals surface area contributed by atoms with E-state index in [9.17, 15) is 0 Å². The molecule has 0 atom stereocenters. The highest BCUT2D eigenvalue weighted by Crippen LogP contribution is 2.20. The smallest absolute Gasteiger partial charge is 0.226 e. The second-order valence-corrected chi connectivity index (χ2v) is 6.01. The highest BCUT2D eigenvalue weighted by Gasteiger charge is 2.15. The van der Waals surface area contributed by atoms with Gasteiger partial charge in [-0.15, -0.1) is 0 Å². The molecule has 1 aliphatic rings.